The Bertz CT molecular complexity index is 373. The van der Waals surface area contributed by atoms with E-state index in [2.05, 4.69) is 22.8 Å². The minimum atomic E-state index is -0.314. The normalized spacial score (nSPS) is 11.9. The summed E-state index contributed by atoms with van der Waals surface area (Å²) in [6.07, 6.45) is 6.63. The molecule has 0 saturated carbocycles. The van der Waals surface area contributed by atoms with Crippen molar-refractivity contribution >= 4 is 11.6 Å². The van der Waals surface area contributed by atoms with Gasteiger partial charge >= 0.3 is 0 Å². The molecule has 1 heterocycles. The van der Waals surface area contributed by atoms with Gasteiger partial charge in [-0.2, -0.15) is 4.98 Å². The zero-order valence-electron chi connectivity index (χ0n) is 8.83. The molecule has 1 aromatic rings. The lowest BCUT2D eigenvalue weighted by molar-refractivity contribution is 0.266. The van der Waals surface area contributed by atoms with Crippen LogP contribution in [0.5, 0.6) is 5.88 Å². The number of hydrogen-bond donors (Lipinski definition) is 0. The quantitative estimate of drug-likeness (QED) is 0.582. The van der Waals surface area contributed by atoms with Crippen LogP contribution in [0, 0.1) is 12.3 Å². The van der Waals surface area contributed by atoms with Crippen molar-refractivity contribution < 1.29 is 4.74 Å². The number of nitrogens with zero attached hydrogens (tertiary/aromatic N) is 2. The van der Waals surface area contributed by atoms with Gasteiger partial charge in [0.25, 0.3) is 0 Å². The second-order valence-electron chi connectivity index (χ2n) is 3.12. The number of ether oxygens (including phenoxy) is 1. The lowest BCUT2D eigenvalue weighted by Gasteiger charge is -2.08. The molecule has 0 fully saturated rings. The van der Waals surface area contributed by atoms with E-state index >= 15 is 0 Å². The number of aromatic nitrogens is 2. The van der Waals surface area contributed by atoms with Gasteiger partial charge < -0.3 is 4.74 Å². The van der Waals surface area contributed by atoms with Gasteiger partial charge in [-0.15, -0.1) is 6.42 Å². The highest BCUT2D eigenvalue weighted by Gasteiger charge is 2.06. The third-order valence-electron chi connectivity index (χ3n) is 1.72. The average molecular weight is 225 g/mol. The molecule has 0 radical (unpaired) electrons. The fourth-order valence-corrected chi connectivity index (χ4v) is 1.24. The van der Waals surface area contributed by atoms with Gasteiger partial charge in [0.15, 0.2) is 6.10 Å². The molecule has 0 aliphatic heterocycles. The molecular formula is C11H13ClN2O. The van der Waals surface area contributed by atoms with Crippen LogP contribution < -0.4 is 4.74 Å². The first kappa shape index (κ1) is 11.8. The van der Waals surface area contributed by atoms with E-state index in [9.17, 15) is 0 Å². The topological polar surface area (TPSA) is 35.0 Å². The van der Waals surface area contributed by atoms with Crippen LogP contribution in [0.4, 0.5) is 0 Å². The van der Waals surface area contributed by atoms with Crippen molar-refractivity contribution in [3.8, 4) is 18.2 Å². The van der Waals surface area contributed by atoms with Gasteiger partial charge in [0.1, 0.15) is 11.0 Å². The SMILES string of the molecule is C#CC(C)Oc1cc(Cl)nc(CCC)n1. The minimum Gasteiger partial charge on any atom is -0.461 e. The summed E-state index contributed by atoms with van der Waals surface area (Å²) in [5, 5.41) is 0.382. The lowest BCUT2D eigenvalue weighted by atomic mass is 10.3. The molecule has 4 heteroatoms. The summed E-state index contributed by atoms with van der Waals surface area (Å²) in [4.78, 5) is 8.28. The number of terminal acetylenes is 1. The highest BCUT2D eigenvalue weighted by Crippen LogP contribution is 2.15. The fraction of sp³-hybridized carbons (Fsp3) is 0.455. The summed E-state index contributed by atoms with van der Waals surface area (Å²) in [5.41, 5.74) is 0. The smallest absolute Gasteiger partial charge is 0.219 e. The van der Waals surface area contributed by atoms with Crippen molar-refractivity contribution in [3.05, 3.63) is 17.0 Å². The highest BCUT2D eigenvalue weighted by molar-refractivity contribution is 6.29. The summed E-state index contributed by atoms with van der Waals surface area (Å²) in [6.45, 7) is 3.82. The number of halogens is 1. The van der Waals surface area contributed by atoms with Crippen LogP contribution in [-0.4, -0.2) is 16.1 Å². The third-order valence-corrected chi connectivity index (χ3v) is 1.92. The van der Waals surface area contributed by atoms with Gasteiger partial charge in [-0.3, -0.25) is 0 Å². The maximum absolute atomic E-state index is 5.83. The monoisotopic (exact) mass is 224 g/mol. The van der Waals surface area contributed by atoms with E-state index in [1.54, 1.807) is 13.0 Å². The Morgan fingerprint density at radius 2 is 2.33 bits per heavy atom. The second-order valence-corrected chi connectivity index (χ2v) is 3.51. The molecule has 1 atom stereocenters. The molecule has 0 aromatic carbocycles. The summed E-state index contributed by atoms with van der Waals surface area (Å²) in [6, 6.07) is 1.56. The van der Waals surface area contributed by atoms with Crippen LogP contribution in [-0.2, 0) is 6.42 Å². The highest BCUT2D eigenvalue weighted by atomic mass is 35.5. The third kappa shape index (κ3) is 3.77. The van der Waals surface area contributed by atoms with Crippen LogP contribution >= 0.6 is 11.6 Å². The second kappa shape index (κ2) is 5.57. The Kier molecular flexibility index (Phi) is 4.38. The molecule has 0 spiro atoms. The van der Waals surface area contributed by atoms with Crippen molar-refractivity contribution in [2.24, 2.45) is 0 Å². The fourth-order valence-electron chi connectivity index (χ4n) is 1.05. The molecular weight excluding hydrogens is 212 g/mol. The Morgan fingerprint density at radius 3 is 2.93 bits per heavy atom. The predicted molar refractivity (Wildman–Crippen MR) is 60.0 cm³/mol. The first-order valence-electron chi connectivity index (χ1n) is 4.82. The largest absolute Gasteiger partial charge is 0.461 e. The molecule has 1 aromatic heterocycles. The van der Waals surface area contributed by atoms with Gasteiger partial charge in [0, 0.05) is 12.5 Å². The summed E-state index contributed by atoms with van der Waals surface area (Å²) >= 11 is 5.83. The standard InChI is InChI=1S/C11H13ClN2O/c1-4-6-10-13-9(12)7-11(14-10)15-8(3)5-2/h2,7-8H,4,6H2,1,3H3. The molecule has 3 nitrogen and oxygen atoms in total. The number of rotatable bonds is 4. The van der Waals surface area contributed by atoms with E-state index in [0.717, 1.165) is 12.8 Å². The van der Waals surface area contributed by atoms with Gasteiger partial charge in [-0.05, 0) is 13.3 Å². The molecule has 15 heavy (non-hydrogen) atoms. The Labute approximate surface area is 94.8 Å². The summed E-state index contributed by atoms with van der Waals surface area (Å²) < 4.78 is 5.36. The van der Waals surface area contributed by atoms with Gasteiger partial charge in [-0.25, -0.2) is 4.98 Å². The summed E-state index contributed by atoms with van der Waals surface area (Å²) in [5.74, 6) is 3.58. The molecule has 0 aliphatic carbocycles. The van der Waals surface area contributed by atoms with E-state index in [1.807, 2.05) is 0 Å². The first-order chi connectivity index (χ1) is 7.15. The van der Waals surface area contributed by atoms with Crippen LogP contribution in [0.3, 0.4) is 0 Å². The van der Waals surface area contributed by atoms with Gasteiger partial charge in [0.05, 0.1) is 0 Å². The van der Waals surface area contributed by atoms with Crippen molar-refractivity contribution in [2.75, 3.05) is 0 Å². The van der Waals surface area contributed by atoms with Crippen LogP contribution in [0.25, 0.3) is 0 Å². The molecule has 80 valence electrons. The van der Waals surface area contributed by atoms with E-state index in [0.29, 0.717) is 16.9 Å². The van der Waals surface area contributed by atoms with Gasteiger partial charge in [-0.1, -0.05) is 24.4 Å². The van der Waals surface area contributed by atoms with Crippen molar-refractivity contribution in [2.45, 2.75) is 32.8 Å². The Balaban J connectivity index is 2.84. The molecule has 0 bridgehead atoms. The molecule has 0 aliphatic rings. The molecule has 0 amide bonds. The first-order valence-corrected chi connectivity index (χ1v) is 5.19. The Morgan fingerprint density at radius 1 is 1.60 bits per heavy atom. The summed E-state index contributed by atoms with van der Waals surface area (Å²) in [7, 11) is 0. The number of aryl methyl sites for hydroxylation is 1. The Hall–Kier alpha value is -1.27. The number of hydrogen-bond acceptors (Lipinski definition) is 3. The molecule has 0 N–H and O–H groups in total. The predicted octanol–water partition coefficient (Wildman–Crippen LogP) is 2.48. The van der Waals surface area contributed by atoms with E-state index in [4.69, 9.17) is 22.8 Å². The van der Waals surface area contributed by atoms with Crippen LogP contribution in [0.2, 0.25) is 5.15 Å². The van der Waals surface area contributed by atoms with Crippen molar-refractivity contribution in [3.63, 3.8) is 0 Å². The van der Waals surface area contributed by atoms with E-state index in [-0.39, 0.29) is 6.10 Å². The zero-order chi connectivity index (χ0) is 11.3. The average Bonchev–Trinajstić information content (AvgIpc) is 2.17. The lowest BCUT2D eigenvalue weighted by Crippen LogP contribution is -2.10. The van der Waals surface area contributed by atoms with Crippen LogP contribution in [0.15, 0.2) is 6.07 Å². The van der Waals surface area contributed by atoms with E-state index < -0.39 is 0 Å². The molecule has 1 unspecified atom stereocenters. The zero-order valence-corrected chi connectivity index (χ0v) is 9.58. The van der Waals surface area contributed by atoms with E-state index in [1.165, 1.54) is 0 Å². The maximum Gasteiger partial charge on any atom is 0.219 e. The van der Waals surface area contributed by atoms with Crippen molar-refractivity contribution in [1.29, 1.82) is 0 Å². The maximum atomic E-state index is 5.83. The van der Waals surface area contributed by atoms with Crippen LogP contribution in [0.1, 0.15) is 26.1 Å². The molecule has 0 saturated heterocycles. The molecule has 1 rings (SSSR count). The van der Waals surface area contributed by atoms with Gasteiger partial charge in [0.2, 0.25) is 5.88 Å². The minimum absolute atomic E-state index is 0.314. The van der Waals surface area contributed by atoms with Crippen molar-refractivity contribution in [1.82, 2.24) is 9.97 Å².